The maximum atomic E-state index is 10.9. The van der Waals surface area contributed by atoms with E-state index in [2.05, 4.69) is 25.5 Å². The molecular formula is C11H21NO2. The van der Waals surface area contributed by atoms with Gasteiger partial charge in [-0.25, -0.2) is 0 Å². The fourth-order valence-corrected chi connectivity index (χ4v) is 0.893. The summed E-state index contributed by atoms with van der Waals surface area (Å²) in [7, 11) is 1.34. The van der Waals surface area contributed by atoms with Crippen molar-refractivity contribution in [1.82, 2.24) is 0 Å². The molecule has 0 aromatic carbocycles. The van der Waals surface area contributed by atoms with Crippen LogP contribution in [0.2, 0.25) is 0 Å². The second-order valence-electron chi connectivity index (χ2n) is 4.20. The molecule has 0 aromatic heterocycles. The van der Waals surface area contributed by atoms with Gasteiger partial charge in [-0.15, -0.1) is 0 Å². The van der Waals surface area contributed by atoms with E-state index in [1.807, 2.05) is 6.08 Å². The van der Waals surface area contributed by atoms with Crippen LogP contribution in [-0.4, -0.2) is 19.1 Å². The molecule has 0 heterocycles. The molecule has 0 aliphatic heterocycles. The molecule has 82 valence electrons. The average molecular weight is 199 g/mol. The molecular weight excluding hydrogens is 178 g/mol. The van der Waals surface area contributed by atoms with Crippen molar-refractivity contribution in [3.05, 3.63) is 12.2 Å². The minimum atomic E-state index is -0.632. The first kappa shape index (κ1) is 13.2. The monoisotopic (exact) mass is 199 g/mol. The number of hydrogen-bond donors (Lipinski definition) is 1. The first-order chi connectivity index (χ1) is 6.43. The summed E-state index contributed by atoms with van der Waals surface area (Å²) in [5.74, 6) is -0.393. The molecule has 3 heteroatoms. The third kappa shape index (κ3) is 5.02. The van der Waals surface area contributed by atoms with Gasteiger partial charge in [-0.2, -0.15) is 0 Å². The third-order valence-corrected chi connectivity index (χ3v) is 2.44. The van der Waals surface area contributed by atoms with Gasteiger partial charge in [0.05, 0.1) is 7.11 Å². The van der Waals surface area contributed by atoms with Gasteiger partial charge in [0.15, 0.2) is 0 Å². The van der Waals surface area contributed by atoms with Crippen LogP contribution in [0.15, 0.2) is 12.2 Å². The molecule has 0 aliphatic carbocycles. The average Bonchev–Trinajstić information content (AvgIpc) is 2.16. The number of nitrogens with two attached hydrogens (primary N) is 1. The van der Waals surface area contributed by atoms with E-state index in [4.69, 9.17) is 5.73 Å². The summed E-state index contributed by atoms with van der Waals surface area (Å²) >= 11 is 0. The summed E-state index contributed by atoms with van der Waals surface area (Å²) in [6.45, 7) is 6.51. The molecule has 0 saturated heterocycles. The Bertz CT molecular complexity index is 209. The Morgan fingerprint density at radius 3 is 2.57 bits per heavy atom. The summed E-state index contributed by atoms with van der Waals surface area (Å²) in [4.78, 5) is 10.9. The van der Waals surface area contributed by atoms with E-state index in [0.29, 0.717) is 0 Å². The summed E-state index contributed by atoms with van der Waals surface area (Å²) in [6.07, 6.45) is 5.67. The van der Waals surface area contributed by atoms with Crippen molar-refractivity contribution in [3.8, 4) is 0 Å². The number of methoxy groups -OCH3 is 1. The Labute approximate surface area is 86.3 Å². The standard InChI is InChI=1S/C11H21NO2/c1-5-11(2,3)8-6-7-9(12)10(13)14-4/h6-7,9H,5,8,12H2,1-4H3. The van der Waals surface area contributed by atoms with E-state index in [1.54, 1.807) is 6.08 Å². The Balaban J connectivity index is 4.00. The van der Waals surface area contributed by atoms with Gasteiger partial charge in [-0.3, -0.25) is 4.79 Å². The number of ether oxygens (including phenoxy) is 1. The lowest BCUT2D eigenvalue weighted by Crippen LogP contribution is -2.29. The van der Waals surface area contributed by atoms with Crippen molar-refractivity contribution in [1.29, 1.82) is 0 Å². The first-order valence-corrected chi connectivity index (χ1v) is 4.93. The molecule has 0 saturated carbocycles. The minimum Gasteiger partial charge on any atom is -0.468 e. The highest BCUT2D eigenvalue weighted by Gasteiger charge is 2.13. The van der Waals surface area contributed by atoms with Crippen LogP contribution in [0.1, 0.15) is 33.6 Å². The summed E-state index contributed by atoms with van der Waals surface area (Å²) < 4.78 is 4.51. The van der Waals surface area contributed by atoms with Gasteiger partial charge in [0.25, 0.3) is 0 Å². The quantitative estimate of drug-likeness (QED) is 0.543. The number of carbonyl (C=O) groups excluding carboxylic acids is 1. The fourth-order valence-electron chi connectivity index (χ4n) is 0.893. The van der Waals surface area contributed by atoms with Crippen molar-refractivity contribution >= 4 is 5.97 Å². The molecule has 1 atom stereocenters. The molecule has 0 bridgehead atoms. The van der Waals surface area contributed by atoms with Crippen molar-refractivity contribution in [2.45, 2.75) is 39.7 Å². The van der Waals surface area contributed by atoms with E-state index in [9.17, 15) is 4.79 Å². The molecule has 0 amide bonds. The van der Waals surface area contributed by atoms with Gasteiger partial charge < -0.3 is 10.5 Å². The molecule has 14 heavy (non-hydrogen) atoms. The molecule has 0 aliphatic rings. The minimum absolute atomic E-state index is 0.270. The van der Waals surface area contributed by atoms with Crippen LogP contribution in [0.25, 0.3) is 0 Å². The van der Waals surface area contributed by atoms with Gasteiger partial charge in [-0.1, -0.05) is 39.3 Å². The lowest BCUT2D eigenvalue weighted by atomic mass is 9.86. The zero-order chi connectivity index (χ0) is 11.2. The smallest absolute Gasteiger partial charge is 0.326 e. The lowest BCUT2D eigenvalue weighted by Gasteiger charge is -2.20. The van der Waals surface area contributed by atoms with Gasteiger partial charge in [0, 0.05) is 0 Å². The van der Waals surface area contributed by atoms with Crippen molar-refractivity contribution < 1.29 is 9.53 Å². The first-order valence-electron chi connectivity index (χ1n) is 4.93. The lowest BCUT2D eigenvalue weighted by molar-refractivity contribution is -0.140. The van der Waals surface area contributed by atoms with Crippen LogP contribution < -0.4 is 5.73 Å². The molecule has 0 rings (SSSR count). The summed E-state index contributed by atoms with van der Waals surface area (Å²) in [5.41, 5.74) is 5.81. The second-order valence-corrected chi connectivity index (χ2v) is 4.20. The number of allylic oxidation sites excluding steroid dienone is 1. The number of hydrogen-bond acceptors (Lipinski definition) is 3. The van der Waals surface area contributed by atoms with E-state index in [-0.39, 0.29) is 5.41 Å². The summed E-state index contributed by atoms with van der Waals surface area (Å²) in [6, 6.07) is -0.632. The molecule has 3 nitrogen and oxygen atoms in total. The summed E-state index contributed by atoms with van der Waals surface area (Å²) in [5, 5.41) is 0. The largest absolute Gasteiger partial charge is 0.468 e. The highest BCUT2D eigenvalue weighted by atomic mass is 16.5. The zero-order valence-electron chi connectivity index (χ0n) is 9.54. The normalized spacial score (nSPS) is 14.4. The fraction of sp³-hybridized carbons (Fsp3) is 0.727. The molecule has 0 fully saturated rings. The van der Waals surface area contributed by atoms with Crippen molar-refractivity contribution in [2.75, 3.05) is 7.11 Å². The van der Waals surface area contributed by atoms with Crippen LogP contribution >= 0.6 is 0 Å². The maximum absolute atomic E-state index is 10.9. The van der Waals surface area contributed by atoms with Gasteiger partial charge in [0.1, 0.15) is 6.04 Å². The predicted molar refractivity (Wildman–Crippen MR) is 57.8 cm³/mol. The third-order valence-electron chi connectivity index (χ3n) is 2.44. The molecule has 0 radical (unpaired) electrons. The van der Waals surface area contributed by atoms with E-state index >= 15 is 0 Å². The van der Waals surface area contributed by atoms with Crippen LogP contribution in [-0.2, 0) is 9.53 Å². The van der Waals surface area contributed by atoms with Gasteiger partial charge in [0.2, 0.25) is 0 Å². The Morgan fingerprint density at radius 1 is 1.57 bits per heavy atom. The van der Waals surface area contributed by atoms with Gasteiger partial charge in [-0.05, 0) is 11.8 Å². The zero-order valence-corrected chi connectivity index (χ0v) is 9.54. The van der Waals surface area contributed by atoms with Crippen LogP contribution in [0.5, 0.6) is 0 Å². The van der Waals surface area contributed by atoms with E-state index in [1.165, 1.54) is 7.11 Å². The van der Waals surface area contributed by atoms with Gasteiger partial charge >= 0.3 is 5.97 Å². The molecule has 1 unspecified atom stereocenters. The SMILES string of the molecule is CCC(C)(C)CC=CC(N)C(=O)OC. The highest BCUT2D eigenvalue weighted by Crippen LogP contribution is 2.24. The molecule has 0 aromatic rings. The Hall–Kier alpha value is -0.830. The van der Waals surface area contributed by atoms with E-state index < -0.39 is 12.0 Å². The van der Waals surface area contributed by atoms with Crippen molar-refractivity contribution in [3.63, 3.8) is 0 Å². The number of carbonyl (C=O) groups is 1. The topological polar surface area (TPSA) is 52.3 Å². The Kier molecular flexibility index (Phi) is 5.46. The Morgan fingerprint density at radius 2 is 2.14 bits per heavy atom. The van der Waals surface area contributed by atoms with E-state index in [0.717, 1.165) is 12.8 Å². The highest BCUT2D eigenvalue weighted by molar-refractivity contribution is 5.77. The maximum Gasteiger partial charge on any atom is 0.326 e. The van der Waals surface area contributed by atoms with Crippen LogP contribution in [0.4, 0.5) is 0 Å². The second kappa shape index (κ2) is 5.81. The van der Waals surface area contributed by atoms with Crippen molar-refractivity contribution in [2.24, 2.45) is 11.1 Å². The van der Waals surface area contributed by atoms with Crippen LogP contribution in [0, 0.1) is 5.41 Å². The number of esters is 1. The number of rotatable bonds is 5. The molecule has 0 spiro atoms. The van der Waals surface area contributed by atoms with Crippen LogP contribution in [0.3, 0.4) is 0 Å². The predicted octanol–water partition coefficient (Wildman–Crippen LogP) is 1.87. The molecule has 2 N–H and O–H groups in total.